The van der Waals surface area contributed by atoms with Gasteiger partial charge in [0.05, 0.1) is 12.1 Å². The second-order valence-corrected chi connectivity index (χ2v) is 6.63. The number of carbonyl (C=O) groups is 1. The predicted molar refractivity (Wildman–Crippen MR) is 88.8 cm³/mol. The molecule has 2 N–H and O–H groups in total. The van der Waals surface area contributed by atoms with Crippen molar-refractivity contribution in [3.63, 3.8) is 0 Å². The molecule has 0 bridgehead atoms. The van der Waals surface area contributed by atoms with Crippen molar-refractivity contribution in [1.82, 2.24) is 10.4 Å². The summed E-state index contributed by atoms with van der Waals surface area (Å²) in [4.78, 5) is 19.8. The van der Waals surface area contributed by atoms with Crippen LogP contribution in [0.1, 0.15) is 34.8 Å². The number of rotatable bonds is 4. The van der Waals surface area contributed by atoms with E-state index in [1.807, 2.05) is 55.5 Å². The van der Waals surface area contributed by atoms with Crippen LogP contribution in [0, 0.1) is 0 Å². The van der Waals surface area contributed by atoms with Gasteiger partial charge in [0, 0.05) is 17.7 Å². The molecule has 2 aromatic carbocycles. The van der Waals surface area contributed by atoms with Crippen molar-refractivity contribution in [1.29, 1.82) is 0 Å². The average molecular weight is 324 g/mol. The maximum absolute atomic E-state index is 12.6. The van der Waals surface area contributed by atoms with Gasteiger partial charge in [-0.1, -0.05) is 48.5 Å². The second-order valence-electron chi connectivity index (χ2n) is 6.63. The van der Waals surface area contributed by atoms with E-state index in [9.17, 15) is 9.90 Å². The van der Waals surface area contributed by atoms with Gasteiger partial charge in [-0.15, -0.1) is 0 Å². The number of hydrogen-bond acceptors (Lipinski definition) is 4. The largest absolute Gasteiger partial charge is 0.365 e. The average Bonchev–Trinajstić information content (AvgIpc) is 3.00. The minimum atomic E-state index is -1.39. The Morgan fingerprint density at radius 1 is 1.17 bits per heavy atom. The molecule has 0 unspecified atom stereocenters. The van der Waals surface area contributed by atoms with E-state index < -0.39 is 11.3 Å². The molecule has 0 radical (unpaired) electrons. The van der Waals surface area contributed by atoms with Crippen LogP contribution in [0.15, 0.2) is 54.6 Å². The van der Waals surface area contributed by atoms with E-state index in [1.165, 1.54) is 4.90 Å². The number of amides is 1. The molecule has 1 fully saturated rings. The fourth-order valence-corrected chi connectivity index (χ4v) is 3.75. The molecule has 24 heavy (non-hydrogen) atoms. The molecule has 0 saturated carbocycles. The van der Waals surface area contributed by atoms with E-state index in [1.54, 1.807) is 6.07 Å². The third-order valence-corrected chi connectivity index (χ3v) is 5.15. The van der Waals surface area contributed by atoms with Gasteiger partial charge in [0.15, 0.2) is 5.72 Å². The molecule has 2 atom stereocenters. The number of nitrogens with one attached hydrogen (secondary N) is 1. The normalized spacial score (nSPS) is 28.1. The smallest absolute Gasteiger partial charge is 0.256 e. The van der Waals surface area contributed by atoms with Crippen LogP contribution >= 0.6 is 0 Å². The number of carbonyl (C=O) groups excluding carboxylic acids is 1. The van der Waals surface area contributed by atoms with Crippen molar-refractivity contribution >= 4 is 5.91 Å². The molecule has 1 amide bonds. The van der Waals surface area contributed by atoms with Gasteiger partial charge in [0.2, 0.25) is 0 Å². The quantitative estimate of drug-likeness (QED) is 0.846. The maximum atomic E-state index is 12.6. The molecule has 1 saturated heterocycles. The van der Waals surface area contributed by atoms with Crippen molar-refractivity contribution in [2.75, 3.05) is 6.54 Å². The van der Waals surface area contributed by atoms with Crippen molar-refractivity contribution < 1.29 is 14.7 Å². The summed E-state index contributed by atoms with van der Waals surface area (Å²) in [5.41, 5.74) is 3.12. The van der Waals surface area contributed by atoms with Crippen LogP contribution in [0.5, 0.6) is 0 Å². The van der Waals surface area contributed by atoms with Crippen LogP contribution in [-0.4, -0.2) is 28.0 Å². The van der Waals surface area contributed by atoms with E-state index in [0.717, 1.165) is 5.56 Å². The van der Waals surface area contributed by atoms with Crippen LogP contribution in [0.4, 0.5) is 0 Å². The Kier molecular flexibility index (Phi) is 3.46. The summed E-state index contributed by atoms with van der Waals surface area (Å²) in [6.45, 7) is 2.78. The third-order valence-electron chi connectivity index (χ3n) is 5.15. The summed E-state index contributed by atoms with van der Waals surface area (Å²) < 4.78 is 0. The molecule has 5 nitrogen and oxygen atoms in total. The summed E-state index contributed by atoms with van der Waals surface area (Å²) in [6, 6.07) is 17.1. The minimum Gasteiger partial charge on any atom is -0.365 e. The lowest BCUT2D eigenvalue weighted by Gasteiger charge is -2.40. The zero-order chi connectivity index (χ0) is 16.8. The highest BCUT2D eigenvalue weighted by atomic mass is 16.6. The van der Waals surface area contributed by atoms with Crippen LogP contribution in [0.25, 0.3) is 0 Å². The van der Waals surface area contributed by atoms with Gasteiger partial charge in [-0.25, -0.2) is 0 Å². The fraction of sp³-hybridized carbons (Fsp3) is 0.316. The highest BCUT2D eigenvalue weighted by molar-refractivity contribution is 6.00. The molecule has 124 valence electrons. The first kappa shape index (κ1) is 15.3. The predicted octanol–water partition coefficient (Wildman–Crippen LogP) is 2.17. The third kappa shape index (κ3) is 2.02. The van der Waals surface area contributed by atoms with Crippen molar-refractivity contribution in [2.45, 2.75) is 31.2 Å². The highest BCUT2D eigenvalue weighted by Gasteiger charge is 2.63. The van der Waals surface area contributed by atoms with E-state index in [4.69, 9.17) is 4.84 Å². The first-order valence-electron chi connectivity index (χ1n) is 8.13. The Labute approximate surface area is 140 Å². The SMILES string of the molecule is C[C@]1(NOCc2ccccc2)CCN2C(=O)c3ccccc3[C@@]21O. The first-order valence-corrected chi connectivity index (χ1v) is 8.13. The van der Waals surface area contributed by atoms with E-state index in [2.05, 4.69) is 5.48 Å². The second kappa shape index (κ2) is 5.41. The number of nitrogens with zero attached hydrogens (tertiary/aromatic N) is 1. The summed E-state index contributed by atoms with van der Waals surface area (Å²) in [7, 11) is 0. The minimum absolute atomic E-state index is 0.123. The van der Waals surface area contributed by atoms with E-state index in [-0.39, 0.29) is 5.91 Å². The Hall–Kier alpha value is -2.21. The molecule has 2 heterocycles. The van der Waals surface area contributed by atoms with Crippen LogP contribution < -0.4 is 5.48 Å². The van der Waals surface area contributed by atoms with Gasteiger partial charge in [0.1, 0.15) is 0 Å². The number of hydroxylamine groups is 1. The zero-order valence-corrected chi connectivity index (χ0v) is 13.5. The maximum Gasteiger partial charge on any atom is 0.256 e. The Bertz CT molecular complexity index is 779. The zero-order valence-electron chi connectivity index (χ0n) is 13.5. The highest BCUT2D eigenvalue weighted by Crippen LogP contribution is 2.50. The molecule has 0 spiro atoms. The number of benzene rings is 2. The molecule has 0 aromatic heterocycles. The van der Waals surface area contributed by atoms with Gasteiger partial charge >= 0.3 is 0 Å². The van der Waals surface area contributed by atoms with Crippen molar-refractivity contribution in [3.05, 3.63) is 71.3 Å². The lowest BCUT2D eigenvalue weighted by Crippen LogP contribution is -2.59. The molecule has 0 aliphatic carbocycles. The standard InChI is InChI=1S/C19H20N2O3/c1-18(20-24-13-14-7-3-2-4-8-14)11-12-21-17(22)15-9-5-6-10-16(15)19(18,21)23/h2-10,20,23H,11-13H2,1H3/t18-,19-/m0/s1. The van der Waals surface area contributed by atoms with E-state index >= 15 is 0 Å². The van der Waals surface area contributed by atoms with Gasteiger partial charge in [-0.05, 0) is 25.0 Å². The summed E-state index contributed by atoms with van der Waals surface area (Å²) in [5.74, 6) is -0.123. The molecule has 2 aliphatic rings. The van der Waals surface area contributed by atoms with Crippen LogP contribution in [0.2, 0.25) is 0 Å². The van der Waals surface area contributed by atoms with Gasteiger partial charge < -0.3 is 10.0 Å². The lowest BCUT2D eigenvalue weighted by atomic mass is 9.84. The molecule has 4 rings (SSSR count). The number of fused-ring (bicyclic) bond motifs is 3. The number of hydrogen-bond donors (Lipinski definition) is 2. The van der Waals surface area contributed by atoms with Gasteiger partial charge in [0.25, 0.3) is 5.91 Å². The van der Waals surface area contributed by atoms with Crippen molar-refractivity contribution in [3.8, 4) is 0 Å². The van der Waals surface area contributed by atoms with Gasteiger partial charge in [-0.3, -0.25) is 9.63 Å². The monoisotopic (exact) mass is 324 g/mol. The molecule has 2 aliphatic heterocycles. The summed E-state index contributed by atoms with van der Waals surface area (Å²) in [5, 5.41) is 11.4. The van der Waals surface area contributed by atoms with E-state index in [0.29, 0.717) is 30.7 Å². The van der Waals surface area contributed by atoms with Crippen LogP contribution in [-0.2, 0) is 17.2 Å². The Morgan fingerprint density at radius 3 is 2.67 bits per heavy atom. The van der Waals surface area contributed by atoms with Crippen LogP contribution in [0.3, 0.4) is 0 Å². The molecular weight excluding hydrogens is 304 g/mol. The number of aliphatic hydroxyl groups is 1. The van der Waals surface area contributed by atoms with Crippen molar-refractivity contribution in [2.24, 2.45) is 0 Å². The molecule has 5 heteroatoms. The van der Waals surface area contributed by atoms with Gasteiger partial charge in [-0.2, -0.15) is 5.48 Å². The summed E-state index contributed by atoms with van der Waals surface area (Å²) in [6.07, 6.45) is 0.609. The Balaban J connectivity index is 1.58. The lowest BCUT2D eigenvalue weighted by molar-refractivity contribution is -0.157. The molecule has 2 aromatic rings. The topological polar surface area (TPSA) is 61.8 Å². The first-order chi connectivity index (χ1) is 11.6. The fourth-order valence-electron chi connectivity index (χ4n) is 3.75. The molecular formula is C19H20N2O3. The summed E-state index contributed by atoms with van der Waals surface area (Å²) >= 11 is 0. The Morgan fingerprint density at radius 2 is 1.88 bits per heavy atom.